The van der Waals surface area contributed by atoms with Gasteiger partial charge in [0.15, 0.2) is 5.82 Å². The van der Waals surface area contributed by atoms with Crippen LogP contribution in [0.5, 0.6) is 11.5 Å². The van der Waals surface area contributed by atoms with Crippen LogP contribution >= 0.6 is 11.8 Å². The number of hydrogen-bond donors (Lipinski definition) is 2. The first-order chi connectivity index (χ1) is 14.0. The first-order valence-corrected chi connectivity index (χ1v) is 10.0. The van der Waals surface area contributed by atoms with E-state index in [-0.39, 0.29) is 11.2 Å². The van der Waals surface area contributed by atoms with Crippen LogP contribution in [0.2, 0.25) is 0 Å². The fourth-order valence-electron chi connectivity index (χ4n) is 2.66. The zero-order valence-corrected chi connectivity index (χ0v) is 17.7. The van der Waals surface area contributed by atoms with Gasteiger partial charge in [-0.15, -0.1) is 5.10 Å². The molecule has 0 fully saturated rings. The van der Waals surface area contributed by atoms with Crippen LogP contribution < -0.4 is 14.8 Å². The minimum absolute atomic E-state index is 0.0658. The highest BCUT2D eigenvalue weighted by Gasteiger charge is 2.18. The highest BCUT2D eigenvalue weighted by Crippen LogP contribution is 2.32. The van der Waals surface area contributed by atoms with E-state index in [1.54, 1.807) is 20.3 Å². The van der Waals surface area contributed by atoms with Crippen molar-refractivity contribution in [1.29, 1.82) is 0 Å². The van der Waals surface area contributed by atoms with Gasteiger partial charge in [-0.05, 0) is 31.5 Å². The number of aromatic nitrogens is 3. The third-order valence-corrected chi connectivity index (χ3v) is 5.33. The van der Waals surface area contributed by atoms with Crippen molar-refractivity contribution in [2.24, 2.45) is 0 Å². The molecule has 0 aliphatic heterocycles. The molecule has 152 valence electrons. The average Bonchev–Trinajstić information content (AvgIpc) is 3.20. The highest BCUT2D eigenvalue weighted by molar-refractivity contribution is 8.00. The van der Waals surface area contributed by atoms with E-state index < -0.39 is 0 Å². The number of aromatic amines is 1. The Morgan fingerprint density at radius 2 is 1.93 bits per heavy atom. The van der Waals surface area contributed by atoms with E-state index in [9.17, 15) is 4.79 Å². The molecule has 0 saturated heterocycles. The van der Waals surface area contributed by atoms with Gasteiger partial charge in [0.2, 0.25) is 11.1 Å². The number of benzene rings is 2. The van der Waals surface area contributed by atoms with Crippen molar-refractivity contribution >= 4 is 17.7 Å². The summed E-state index contributed by atoms with van der Waals surface area (Å²) in [7, 11) is 3.19. The number of carbonyl (C=O) groups is 1. The van der Waals surface area contributed by atoms with Gasteiger partial charge in [0.25, 0.3) is 0 Å². The summed E-state index contributed by atoms with van der Waals surface area (Å²) >= 11 is 1.29. The van der Waals surface area contributed by atoms with Crippen molar-refractivity contribution in [3.05, 3.63) is 53.6 Å². The van der Waals surface area contributed by atoms with Gasteiger partial charge in [0, 0.05) is 12.6 Å². The lowest BCUT2D eigenvalue weighted by Crippen LogP contribution is -2.30. The van der Waals surface area contributed by atoms with Crippen LogP contribution in [-0.2, 0) is 11.3 Å². The molecule has 3 aromatic rings. The Morgan fingerprint density at radius 1 is 1.17 bits per heavy atom. The Kier molecular flexibility index (Phi) is 6.77. The Morgan fingerprint density at radius 3 is 2.62 bits per heavy atom. The molecular weight excluding hydrogens is 388 g/mol. The Hall–Kier alpha value is -3.00. The molecule has 3 rings (SSSR count). The standard InChI is InChI=1S/C21H24N4O3S/c1-13-5-7-15(8-6-13)12-22-20(26)14(2)29-21-23-19(24-25-21)17-10-9-16(27-3)11-18(17)28-4/h5-11,14H,12H2,1-4H3,(H,22,26)(H,23,24,25). The molecule has 1 atom stereocenters. The summed E-state index contributed by atoms with van der Waals surface area (Å²) in [5.41, 5.74) is 3.02. The maximum atomic E-state index is 12.4. The number of carbonyl (C=O) groups excluding carboxylic acids is 1. The van der Waals surface area contributed by atoms with Crippen LogP contribution in [-0.4, -0.2) is 40.6 Å². The minimum Gasteiger partial charge on any atom is -0.497 e. The van der Waals surface area contributed by atoms with Crippen LogP contribution in [0.3, 0.4) is 0 Å². The summed E-state index contributed by atoms with van der Waals surface area (Å²) in [5.74, 6) is 1.82. The van der Waals surface area contributed by atoms with Gasteiger partial charge in [-0.1, -0.05) is 41.6 Å². The zero-order valence-electron chi connectivity index (χ0n) is 16.9. The first-order valence-electron chi connectivity index (χ1n) is 9.15. The molecule has 1 aromatic heterocycles. The lowest BCUT2D eigenvalue weighted by atomic mass is 10.1. The van der Waals surface area contributed by atoms with Crippen LogP contribution in [0.4, 0.5) is 0 Å². The number of nitrogens with one attached hydrogen (secondary N) is 2. The Labute approximate surface area is 174 Å². The monoisotopic (exact) mass is 412 g/mol. The van der Waals surface area contributed by atoms with Gasteiger partial charge in [-0.2, -0.15) is 0 Å². The fraction of sp³-hybridized carbons (Fsp3) is 0.286. The summed E-state index contributed by atoms with van der Waals surface area (Å²) in [4.78, 5) is 16.9. The lowest BCUT2D eigenvalue weighted by molar-refractivity contribution is -0.120. The molecule has 8 heteroatoms. The Bertz CT molecular complexity index is 972. The first kappa shape index (κ1) is 20.7. The van der Waals surface area contributed by atoms with E-state index in [1.807, 2.05) is 50.2 Å². The number of methoxy groups -OCH3 is 2. The van der Waals surface area contributed by atoms with Crippen molar-refractivity contribution < 1.29 is 14.3 Å². The molecular formula is C21H24N4O3S. The van der Waals surface area contributed by atoms with Gasteiger partial charge in [0.05, 0.1) is 25.0 Å². The van der Waals surface area contributed by atoms with Crippen LogP contribution in [0, 0.1) is 6.92 Å². The van der Waals surface area contributed by atoms with Crippen molar-refractivity contribution in [2.45, 2.75) is 30.8 Å². The number of H-pyrrole nitrogens is 1. The number of hydrogen-bond acceptors (Lipinski definition) is 6. The second-order valence-corrected chi connectivity index (χ2v) is 7.80. The maximum absolute atomic E-state index is 12.4. The van der Waals surface area contributed by atoms with Gasteiger partial charge < -0.3 is 14.8 Å². The number of thioether (sulfide) groups is 1. The summed E-state index contributed by atoms with van der Waals surface area (Å²) in [5, 5.41) is 10.2. The maximum Gasteiger partial charge on any atom is 0.233 e. The van der Waals surface area contributed by atoms with E-state index in [0.717, 1.165) is 11.1 Å². The number of ether oxygens (including phenoxy) is 2. The molecule has 29 heavy (non-hydrogen) atoms. The topological polar surface area (TPSA) is 89.1 Å². The lowest BCUT2D eigenvalue weighted by Gasteiger charge is -2.10. The normalized spacial score (nSPS) is 11.7. The summed E-state index contributed by atoms with van der Waals surface area (Å²) in [6, 6.07) is 13.5. The fourth-order valence-corrected chi connectivity index (χ4v) is 3.41. The Balaban J connectivity index is 1.62. The van der Waals surface area contributed by atoms with E-state index in [0.29, 0.717) is 29.0 Å². The second kappa shape index (κ2) is 9.47. The third kappa shape index (κ3) is 5.29. The zero-order chi connectivity index (χ0) is 20.8. The molecule has 0 aliphatic carbocycles. The number of nitrogens with zero attached hydrogens (tertiary/aromatic N) is 2. The molecule has 2 aromatic carbocycles. The largest absolute Gasteiger partial charge is 0.497 e. The molecule has 1 amide bonds. The molecule has 0 saturated carbocycles. The van der Waals surface area contributed by atoms with Crippen molar-refractivity contribution in [3.63, 3.8) is 0 Å². The predicted molar refractivity (Wildman–Crippen MR) is 113 cm³/mol. The highest BCUT2D eigenvalue weighted by atomic mass is 32.2. The molecule has 0 bridgehead atoms. The van der Waals surface area contributed by atoms with E-state index in [2.05, 4.69) is 20.5 Å². The van der Waals surface area contributed by atoms with E-state index in [1.165, 1.54) is 17.3 Å². The van der Waals surface area contributed by atoms with Crippen molar-refractivity contribution in [1.82, 2.24) is 20.5 Å². The summed E-state index contributed by atoms with van der Waals surface area (Å²) < 4.78 is 10.6. The van der Waals surface area contributed by atoms with E-state index >= 15 is 0 Å². The van der Waals surface area contributed by atoms with Crippen molar-refractivity contribution in [3.8, 4) is 22.9 Å². The van der Waals surface area contributed by atoms with Crippen LogP contribution in [0.1, 0.15) is 18.1 Å². The quantitative estimate of drug-likeness (QED) is 0.550. The SMILES string of the molecule is COc1ccc(-c2nc(SC(C)C(=O)NCc3ccc(C)cc3)n[nH]2)c(OC)c1. The van der Waals surface area contributed by atoms with Crippen LogP contribution in [0.25, 0.3) is 11.4 Å². The van der Waals surface area contributed by atoms with Crippen molar-refractivity contribution in [2.75, 3.05) is 14.2 Å². The molecule has 0 aliphatic rings. The van der Waals surface area contributed by atoms with Crippen LogP contribution in [0.15, 0.2) is 47.6 Å². The van der Waals surface area contributed by atoms with Gasteiger partial charge >= 0.3 is 0 Å². The van der Waals surface area contributed by atoms with Gasteiger partial charge in [-0.25, -0.2) is 4.98 Å². The van der Waals surface area contributed by atoms with Gasteiger partial charge in [-0.3, -0.25) is 9.89 Å². The molecule has 1 unspecified atom stereocenters. The second-order valence-electron chi connectivity index (χ2n) is 6.50. The molecule has 1 heterocycles. The number of rotatable bonds is 8. The van der Waals surface area contributed by atoms with E-state index in [4.69, 9.17) is 9.47 Å². The van der Waals surface area contributed by atoms with Gasteiger partial charge in [0.1, 0.15) is 11.5 Å². The number of aryl methyl sites for hydroxylation is 1. The summed E-state index contributed by atoms with van der Waals surface area (Å²) in [6.45, 7) is 4.36. The average molecular weight is 413 g/mol. The third-order valence-electron chi connectivity index (χ3n) is 4.37. The summed E-state index contributed by atoms with van der Waals surface area (Å²) in [6.07, 6.45) is 0. The molecule has 2 N–H and O–H groups in total. The smallest absolute Gasteiger partial charge is 0.233 e. The predicted octanol–water partition coefficient (Wildman–Crippen LogP) is 3.59. The molecule has 7 nitrogen and oxygen atoms in total. The minimum atomic E-state index is -0.332. The molecule has 0 radical (unpaired) electrons. The number of amides is 1. The molecule has 0 spiro atoms.